The lowest BCUT2D eigenvalue weighted by atomic mass is 10.2. The molecule has 0 bridgehead atoms. The van der Waals surface area contributed by atoms with Crippen molar-refractivity contribution in [2.45, 2.75) is 6.92 Å². The summed E-state index contributed by atoms with van der Waals surface area (Å²) < 4.78 is 30.1. The molecule has 0 amide bonds. The van der Waals surface area contributed by atoms with Crippen molar-refractivity contribution in [2.24, 2.45) is 0 Å². The Bertz CT molecular complexity index is 305. The largest absolute Gasteiger partial charge is 0.478 e. The molecule has 4 heteroatoms. The van der Waals surface area contributed by atoms with Crippen molar-refractivity contribution < 1.29 is 13.5 Å². The maximum absolute atomic E-state index is 12.6. The van der Waals surface area contributed by atoms with E-state index in [4.69, 9.17) is 10.1 Å². The molecule has 0 aliphatic carbocycles. The molecule has 0 aliphatic rings. The van der Waals surface area contributed by atoms with Gasteiger partial charge < -0.3 is 4.74 Å². The zero-order valence-corrected chi connectivity index (χ0v) is 7.10. The third-order valence-electron chi connectivity index (χ3n) is 1.41. The molecule has 70 valence electrons. The molecule has 1 rings (SSSR count). The monoisotopic (exact) mass is 185 g/mol. The molecule has 0 atom stereocenters. The van der Waals surface area contributed by atoms with Gasteiger partial charge in [0.1, 0.15) is 11.6 Å². The van der Waals surface area contributed by atoms with E-state index in [0.717, 1.165) is 18.2 Å². The first-order valence-electron chi connectivity index (χ1n) is 3.81. The van der Waals surface area contributed by atoms with Gasteiger partial charge in [-0.25, -0.2) is 8.78 Å². The molecule has 0 aliphatic heterocycles. The quantitative estimate of drug-likeness (QED) is 0.556. The first kappa shape index (κ1) is 9.64. The van der Waals surface area contributed by atoms with Crippen molar-refractivity contribution in [3.05, 3.63) is 35.4 Å². The van der Waals surface area contributed by atoms with Gasteiger partial charge in [-0.3, -0.25) is 5.41 Å². The van der Waals surface area contributed by atoms with Crippen LogP contribution in [0.15, 0.2) is 18.2 Å². The van der Waals surface area contributed by atoms with Crippen molar-refractivity contribution in [1.29, 1.82) is 5.41 Å². The Morgan fingerprint density at radius 1 is 1.31 bits per heavy atom. The van der Waals surface area contributed by atoms with E-state index in [0.29, 0.717) is 6.61 Å². The van der Waals surface area contributed by atoms with Gasteiger partial charge in [-0.15, -0.1) is 0 Å². The maximum atomic E-state index is 12.6. The van der Waals surface area contributed by atoms with Crippen LogP contribution in [0.5, 0.6) is 0 Å². The molecule has 0 radical (unpaired) electrons. The number of ether oxygens (including phenoxy) is 1. The number of rotatable bonds is 2. The van der Waals surface area contributed by atoms with Crippen molar-refractivity contribution >= 4 is 5.90 Å². The predicted octanol–water partition coefficient (Wildman–Crippen LogP) is 2.33. The van der Waals surface area contributed by atoms with Crippen molar-refractivity contribution in [3.63, 3.8) is 0 Å². The Morgan fingerprint density at radius 2 is 1.85 bits per heavy atom. The molecule has 0 saturated carbocycles. The molecule has 2 nitrogen and oxygen atoms in total. The van der Waals surface area contributed by atoms with E-state index in [1.54, 1.807) is 6.92 Å². The number of hydrogen-bond acceptors (Lipinski definition) is 2. The first-order chi connectivity index (χ1) is 6.13. The highest BCUT2D eigenvalue weighted by molar-refractivity contribution is 5.91. The zero-order valence-electron chi connectivity index (χ0n) is 7.10. The van der Waals surface area contributed by atoms with Crippen LogP contribution in [-0.2, 0) is 4.74 Å². The average Bonchev–Trinajstić information content (AvgIpc) is 2.03. The number of nitrogens with one attached hydrogen (secondary N) is 1. The van der Waals surface area contributed by atoms with E-state index < -0.39 is 11.6 Å². The van der Waals surface area contributed by atoms with Gasteiger partial charge in [0.05, 0.1) is 6.61 Å². The molecular formula is C9H9F2NO. The highest BCUT2D eigenvalue weighted by atomic mass is 19.1. The fourth-order valence-corrected chi connectivity index (χ4v) is 0.913. The second-order valence-electron chi connectivity index (χ2n) is 2.42. The average molecular weight is 185 g/mol. The van der Waals surface area contributed by atoms with E-state index in [-0.39, 0.29) is 11.5 Å². The number of halogens is 2. The van der Waals surface area contributed by atoms with Gasteiger partial charge in [-0.1, -0.05) is 0 Å². The standard InChI is InChI=1S/C9H9F2NO/c1-2-13-9(12)6-3-7(10)5-8(11)4-6/h3-5,12H,2H2,1H3. The van der Waals surface area contributed by atoms with Crippen molar-refractivity contribution in [3.8, 4) is 0 Å². The third-order valence-corrected chi connectivity index (χ3v) is 1.41. The van der Waals surface area contributed by atoms with Crippen LogP contribution in [0, 0.1) is 17.0 Å². The highest BCUT2D eigenvalue weighted by Gasteiger charge is 2.05. The zero-order chi connectivity index (χ0) is 9.84. The summed E-state index contributed by atoms with van der Waals surface area (Å²) in [6, 6.07) is 2.87. The Kier molecular flexibility index (Phi) is 2.95. The van der Waals surface area contributed by atoms with Crippen LogP contribution in [0.2, 0.25) is 0 Å². The van der Waals surface area contributed by atoms with Crippen LogP contribution < -0.4 is 0 Å². The van der Waals surface area contributed by atoms with Gasteiger partial charge in [0.2, 0.25) is 5.90 Å². The van der Waals surface area contributed by atoms with Gasteiger partial charge in [-0.2, -0.15) is 0 Å². The molecule has 1 aromatic rings. The lowest BCUT2D eigenvalue weighted by Gasteiger charge is -2.04. The van der Waals surface area contributed by atoms with Crippen molar-refractivity contribution in [2.75, 3.05) is 6.61 Å². The Labute approximate surface area is 74.7 Å². The third kappa shape index (κ3) is 2.50. The normalized spacial score (nSPS) is 9.77. The summed E-state index contributed by atoms with van der Waals surface area (Å²) in [6.45, 7) is 2.00. The molecule has 0 fully saturated rings. The van der Waals surface area contributed by atoms with Crippen LogP contribution in [0.3, 0.4) is 0 Å². The summed E-state index contributed by atoms with van der Waals surface area (Å²) >= 11 is 0. The second-order valence-corrected chi connectivity index (χ2v) is 2.42. The molecule has 1 aromatic carbocycles. The lowest BCUT2D eigenvalue weighted by molar-refractivity contribution is 0.325. The minimum atomic E-state index is -0.709. The molecule has 0 aromatic heterocycles. The van der Waals surface area contributed by atoms with E-state index in [1.807, 2.05) is 0 Å². The fraction of sp³-hybridized carbons (Fsp3) is 0.222. The van der Waals surface area contributed by atoms with Crippen molar-refractivity contribution in [1.82, 2.24) is 0 Å². The van der Waals surface area contributed by atoms with Crippen LogP contribution in [-0.4, -0.2) is 12.5 Å². The summed E-state index contributed by atoms with van der Waals surface area (Å²) in [5, 5.41) is 7.27. The minimum Gasteiger partial charge on any atom is -0.478 e. The van der Waals surface area contributed by atoms with Crippen LogP contribution >= 0.6 is 0 Å². The van der Waals surface area contributed by atoms with Gasteiger partial charge >= 0.3 is 0 Å². The van der Waals surface area contributed by atoms with Gasteiger partial charge in [0, 0.05) is 11.6 Å². The lowest BCUT2D eigenvalue weighted by Crippen LogP contribution is -2.05. The molecular weight excluding hydrogens is 176 g/mol. The maximum Gasteiger partial charge on any atom is 0.213 e. The predicted molar refractivity (Wildman–Crippen MR) is 44.8 cm³/mol. The molecule has 1 N–H and O–H groups in total. The Balaban J connectivity index is 2.94. The topological polar surface area (TPSA) is 33.1 Å². The summed E-state index contributed by atoms with van der Waals surface area (Å²) in [5.41, 5.74) is 0.111. The molecule has 0 heterocycles. The summed E-state index contributed by atoms with van der Waals surface area (Å²) in [6.07, 6.45) is 0. The second kappa shape index (κ2) is 3.98. The van der Waals surface area contributed by atoms with Crippen LogP contribution in [0.25, 0.3) is 0 Å². The number of hydrogen-bond donors (Lipinski definition) is 1. The molecule has 0 saturated heterocycles. The number of benzene rings is 1. The fourth-order valence-electron chi connectivity index (χ4n) is 0.913. The highest BCUT2D eigenvalue weighted by Crippen LogP contribution is 2.08. The summed E-state index contributed by atoms with van der Waals surface area (Å²) in [5.74, 6) is -1.64. The van der Waals surface area contributed by atoms with Crippen LogP contribution in [0.4, 0.5) is 8.78 Å². The first-order valence-corrected chi connectivity index (χ1v) is 3.81. The minimum absolute atomic E-state index is 0.111. The van der Waals surface area contributed by atoms with Crippen LogP contribution in [0.1, 0.15) is 12.5 Å². The molecule has 0 spiro atoms. The van der Waals surface area contributed by atoms with E-state index in [1.165, 1.54) is 0 Å². The van der Waals surface area contributed by atoms with Gasteiger partial charge in [0.15, 0.2) is 0 Å². The van der Waals surface area contributed by atoms with Gasteiger partial charge in [0.25, 0.3) is 0 Å². The Hall–Kier alpha value is -1.45. The summed E-state index contributed by atoms with van der Waals surface area (Å²) in [4.78, 5) is 0. The smallest absolute Gasteiger partial charge is 0.213 e. The molecule has 0 unspecified atom stereocenters. The molecule has 13 heavy (non-hydrogen) atoms. The SMILES string of the molecule is CCOC(=N)c1cc(F)cc(F)c1. The van der Waals surface area contributed by atoms with E-state index in [9.17, 15) is 8.78 Å². The Morgan fingerprint density at radius 3 is 2.31 bits per heavy atom. The van der Waals surface area contributed by atoms with E-state index >= 15 is 0 Å². The van der Waals surface area contributed by atoms with E-state index in [2.05, 4.69) is 0 Å². The summed E-state index contributed by atoms with van der Waals surface area (Å²) in [7, 11) is 0. The van der Waals surface area contributed by atoms with Gasteiger partial charge in [-0.05, 0) is 19.1 Å².